The summed E-state index contributed by atoms with van der Waals surface area (Å²) < 4.78 is 177. The lowest BCUT2D eigenvalue weighted by molar-refractivity contribution is -0.441. The van der Waals surface area contributed by atoms with E-state index in [2.05, 4.69) is 0 Å². The van der Waals surface area contributed by atoms with Gasteiger partial charge in [-0.25, -0.2) is 0 Å². The lowest BCUT2D eigenvalue weighted by Crippen LogP contribution is -2.70. The summed E-state index contributed by atoms with van der Waals surface area (Å²) in [6, 6.07) is 8.59. The second-order valence-electron chi connectivity index (χ2n) is 8.54. The predicted molar refractivity (Wildman–Crippen MR) is 107 cm³/mol. The van der Waals surface area contributed by atoms with Crippen LogP contribution in [0.5, 0.6) is 0 Å². The Bertz CT molecular complexity index is 1190. The fourth-order valence-electron chi connectivity index (χ4n) is 3.66. The Balaban J connectivity index is 2.73. The minimum Gasteiger partial charge on any atom is -0.384 e. The van der Waals surface area contributed by atoms with E-state index in [1.807, 2.05) is 0 Å². The van der Waals surface area contributed by atoms with E-state index in [9.17, 15) is 72.3 Å². The molecule has 2 aromatic rings. The molecular formula is C22H16F13NO3. The van der Waals surface area contributed by atoms with Crippen LogP contribution in [0.4, 0.5) is 62.8 Å². The number of nitro benzene ring substituents is 1. The van der Waals surface area contributed by atoms with E-state index >= 15 is 0 Å². The molecule has 0 fully saturated rings. The van der Waals surface area contributed by atoms with Crippen LogP contribution in [-0.4, -0.2) is 45.8 Å². The molecule has 0 aliphatic rings. The number of alkyl halides is 13. The fourth-order valence-corrected chi connectivity index (χ4v) is 3.66. The number of hydrogen-bond acceptors (Lipinski definition) is 3. The molecule has 2 atom stereocenters. The Morgan fingerprint density at radius 1 is 0.744 bits per heavy atom. The fraction of sp³-hybridized carbons (Fsp3) is 0.455. The minimum atomic E-state index is -8.10. The molecule has 0 bridgehead atoms. The maximum absolute atomic E-state index is 14.8. The molecule has 0 spiro atoms. The topological polar surface area (TPSA) is 63.4 Å². The van der Waals surface area contributed by atoms with Crippen LogP contribution in [0.3, 0.4) is 0 Å². The van der Waals surface area contributed by atoms with E-state index in [0.717, 1.165) is 31.2 Å². The van der Waals surface area contributed by atoms with E-state index in [1.165, 1.54) is 18.2 Å². The van der Waals surface area contributed by atoms with Crippen LogP contribution in [-0.2, 0) is 5.60 Å². The second-order valence-corrected chi connectivity index (χ2v) is 8.54. The van der Waals surface area contributed by atoms with Crippen LogP contribution in [0.15, 0.2) is 54.6 Å². The Kier molecular flexibility index (Phi) is 8.08. The van der Waals surface area contributed by atoms with Gasteiger partial charge < -0.3 is 5.11 Å². The summed E-state index contributed by atoms with van der Waals surface area (Å²) in [5.41, 5.74) is -5.63. The van der Waals surface area contributed by atoms with Gasteiger partial charge in [0.25, 0.3) is 5.69 Å². The first-order valence-corrected chi connectivity index (χ1v) is 10.4. The molecule has 0 radical (unpaired) electrons. The van der Waals surface area contributed by atoms with Crippen molar-refractivity contribution in [2.45, 2.75) is 60.7 Å². The second kappa shape index (κ2) is 9.82. The van der Waals surface area contributed by atoms with Crippen molar-refractivity contribution in [2.75, 3.05) is 0 Å². The molecule has 2 aromatic carbocycles. The van der Waals surface area contributed by atoms with Crippen molar-refractivity contribution >= 4 is 5.69 Å². The molecule has 2 rings (SSSR count). The van der Waals surface area contributed by atoms with Gasteiger partial charge in [-0.15, -0.1) is 0 Å². The van der Waals surface area contributed by atoms with Crippen LogP contribution < -0.4 is 0 Å². The first-order valence-electron chi connectivity index (χ1n) is 10.4. The van der Waals surface area contributed by atoms with Gasteiger partial charge in [0.15, 0.2) is 0 Å². The van der Waals surface area contributed by atoms with Gasteiger partial charge in [0.1, 0.15) is 5.60 Å². The number of hydrogen-bond donors (Lipinski definition) is 1. The Morgan fingerprint density at radius 2 is 1.23 bits per heavy atom. The molecular weight excluding hydrogens is 573 g/mol. The van der Waals surface area contributed by atoms with Gasteiger partial charge in [-0.3, -0.25) is 10.1 Å². The summed E-state index contributed by atoms with van der Waals surface area (Å²) in [5.74, 6) is -40.1. The molecule has 17 heteroatoms. The molecule has 2 unspecified atom stereocenters. The molecule has 0 amide bonds. The monoisotopic (exact) mass is 589 g/mol. The van der Waals surface area contributed by atoms with Gasteiger partial charge in [-0.2, -0.15) is 57.1 Å². The SMILES string of the molecule is CC(c1ccccc1)C(O)(CC(F)(F)C(F)(F)C(F)(F)C(F)(F)C(F)(F)C(F)(F)F)c1cccc([N+](=O)[O-])c1. The van der Waals surface area contributed by atoms with Gasteiger partial charge in [0.2, 0.25) is 0 Å². The van der Waals surface area contributed by atoms with Gasteiger partial charge in [0, 0.05) is 18.1 Å². The molecule has 4 nitrogen and oxygen atoms in total. The highest BCUT2D eigenvalue weighted by Gasteiger charge is 2.90. The molecule has 0 saturated heterocycles. The highest BCUT2D eigenvalue weighted by Crippen LogP contribution is 2.62. The van der Waals surface area contributed by atoms with E-state index in [1.54, 1.807) is 0 Å². The number of benzene rings is 2. The first-order chi connectivity index (χ1) is 17.4. The van der Waals surface area contributed by atoms with E-state index in [-0.39, 0.29) is 5.56 Å². The molecule has 0 aromatic heterocycles. The van der Waals surface area contributed by atoms with Gasteiger partial charge in [-0.05, 0) is 11.1 Å². The van der Waals surface area contributed by atoms with Crippen LogP contribution in [0, 0.1) is 10.1 Å². The summed E-state index contributed by atoms with van der Waals surface area (Å²) >= 11 is 0. The molecule has 1 N–H and O–H groups in total. The van der Waals surface area contributed by atoms with Gasteiger partial charge >= 0.3 is 35.8 Å². The lowest BCUT2D eigenvalue weighted by Gasteiger charge is -2.43. The molecule has 0 aliphatic heterocycles. The average Bonchev–Trinajstić information content (AvgIpc) is 2.82. The van der Waals surface area contributed by atoms with Crippen molar-refractivity contribution < 1.29 is 67.1 Å². The van der Waals surface area contributed by atoms with Crippen molar-refractivity contribution in [3.8, 4) is 0 Å². The smallest absolute Gasteiger partial charge is 0.384 e. The van der Waals surface area contributed by atoms with Crippen molar-refractivity contribution in [3.63, 3.8) is 0 Å². The number of nitrogens with zero attached hydrogens (tertiary/aromatic N) is 1. The quantitative estimate of drug-likeness (QED) is 0.176. The highest BCUT2D eigenvalue weighted by molar-refractivity contribution is 5.40. The zero-order valence-electron chi connectivity index (χ0n) is 19.1. The van der Waals surface area contributed by atoms with Crippen LogP contribution in [0.2, 0.25) is 0 Å². The zero-order valence-corrected chi connectivity index (χ0v) is 19.1. The summed E-state index contributed by atoms with van der Waals surface area (Å²) in [5, 5.41) is 22.3. The third kappa shape index (κ3) is 5.12. The third-order valence-corrected chi connectivity index (χ3v) is 6.06. The number of non-ortho nitro benzene ring substituents is 1. The van der Waals surface area contributed by atoms with Gasteiger partial charge in [-0.1, -0.05) is 49.4 Å². The highest BCUT2D eigenvalue weighted by atomic mass is 19.4. The van der Waals surface area contributed by atoms with E-state index < -0.39 is 69.9 Å². The van der Waals surface area contributed by atoms with Crippen molar-refractivity contribution in [3.05, 3.63) is 75.8 Å². The Labute approximate surface area is 210 Å². The molecule has 0 heterocycles. The maximum Gasteiger partial charge on any atom is 0.460 e. The number of aliphatic hydroxyl groups is 1. The minimum absolute atomic E-state index is 0.175. The average molecular weight is 589 g/mol. The van der Waals surface area contributed by atoms with Crippen LogP contribution in [0.1, 0.15) is 30.4 Å². The van der Waals surface area contributed by atoms with Gasteiger partial charge in [0.05, 0.1) is 11.3 Å². The number of rotatable bonds is 10. The summed E-state index contributed by atoms with van der Waals surface area (Å²) in [6.45, 7) is 0.854. The summed E-state index contributed by atoms with van der Waals surface area (Å²) in [4.78, 5) is 9.96. The van der Waals surface area contributed by atoms with Crippen LogP contribution in [0.25, 0.3) is 0 Å². The number of halogens is 13. The Hall–Kier alpha value is -3.11. The normalized spacial score (nSPS) is 16.5. The first kappa shape index (κ1) is 32.1. The molecule has 218 valence electrons. The summed E-state index contributed by atoms with van der Waals surface area (Å²) in [7, 11) is 0. The predicted octanol–water partition coefficient (Wildman–Crippen LogP) is 7.72. The van der Waals surface area contributed by atoms with Crippen LogP contribution >= 0.6 is 0 Å². The maximum atomic E-state index is 14.8. The molecule has 0 aliphatic carbocycles. The van der Waals surface area contributed by atoms with E-state index in [4.69, 9.17) is 0 Å². The van der Waals surface area contributed by atoms with E-state index in [0.29, 0.717) is 12.1 Å². The largest absolute Gasteiger partial charge is 0.460 e. The molecule has 0 saturated carbocycles. The number of nitro groups is 1. The third-order valence-electron chi connectivity index (χ3n) is 6.06. The lowest BCUT2D eigenvalue weighted by atomic mass is 9.73. The molecule has 39 heavy (non-hydrogen) atoms. The van der Waals surface area contributed by atoms with Crippen molar-refractivity contribution in [1.29, 1.82) is 0 Å². The standard InChI is InChI=1S/C22H16F13NO3/c1-12(13-6-3-2-4-7-13)16(37,14-8-5-9-15(10-14)36(38)39)11-17(23,24)18(25,26)19(27,28)20(29,30)21(31,32)22(33,34)35/h2-10,12,37H,11H2,1H3. The van der Waals surface area contributed by atoms with Crippen molar-refractivity contribution in [1.82, 2.24) is 0 Å². The summed E-state index contributed by atoms with van der Waals surface area (Å²) in [6.07, 6.45) is -10.5. The Morgan fingerprint density at radius 3 is 1.69 bits per heavy atom. The zero-order chi connectivity index (χ0) is 30.5. The van der Waals surface area contributed by atoms with Crippen molar-refractivity contribution in [2.24, 2.45) is 0 Å².